The summed E-state index contributed by atoms with van der Waals surface area (Å²) in [5.74, 6) is 0. The molecule has 1 unspecified atom stereocenters. The fourth-order valence-corrected chi connectivity index (χ4v) is 2.20. The van der Waals surface area contributed by atoms with Crippen molar-refractivity contribution in [1.82, 2.24) is 0 Å². The number of rotatable bonds is 4. The van der Waals surface area contributed by atoms with Crippen LogP contribution in [-0.2, 0) is 18.6 Å². The van der Waals surface area contributed by atoms with Gasteiger partial charge in [0, 0.05) is 13.1 Å². The highest BCUT2D eigenvalue weighted by molar-refractivity contribution is 7.82. The summed E-state index contributed by atoms with van der Waals surface area (Å²) < 4.78 is 26.7. The fourth-order valence-electron chi connectivity index (χ4n) is 1.44. The second kappa shape index (κ2) is 4.84. The Balaban J connectivity index is 2.53. The van der Waals surface area contributed by atoms with Gasteiger partial charge >= 0.3 is 0 Å². The first-order chi connectivity index (χ1) is 6.42. The first-order valence-electron chi connectivity index (χ1n) is 4.37. The average Bonchev–Trinajstić information content (AvgIpc) is 2.28. The van der Waals surface area contributed by atoms with Crippen molar-refractivity contribution in [1.29, 1.82) is 0 Å². The molecule has 1 aliphatic rings. The molecule has 1 fully saturated rings. The van der Waals surface area contributed by atoms with E-state index in [0.29, 0.717) is 13.0 Å². The number of ether oxygens (including phenoxy) is 2. The van der Waals surface area contributed by atoms with E-state index in [9.17, 15) is 4.57 Å². The summed E-state index contributed by atoms with van der Waals surface area (Å²) in [4.78, 5) is 0. The molecule has 1 aliphatic heterocycles. The lowest BCUT2D eigenvalue weighted by molar-refractivity contribution is -0.00895. The molecule has 1 heterocycles. The third-order valence-corrected chi connectivity index (χ3v) is 2.59. The number of methoxy groups -OCH3 is 1. The van der Waals surface area contributed by atoms with Gasteiger partial charge in [-0.1, -0.05) is 7.25 Å². The van der Waals surface area contributed by atoms with Gasteiger partial charge in [-0.2, -0.15) is 0 Å². The molecule has 0 aromatic carbocycles. The van der Waals surface area contributed by atoms with E-state index >= 15 is 0 Å². The van der Waals surface area contributed by atoms with Crippen molar-refractivity contribution < 1.29 is 18.6 Å². The monoisotopic (exact) mass is 214 g/mol. The van der Waals surface area contributed by atoms with E-state index in [1.807, 2.05) is 0 Å². The second-order valence-electron chi connectivity index (χ2n) is 3.46. The third-order valence-electron chi connectivity index (χ3n) is 1.90. The Bertz CT molecular complexity index is 232. The van der Waals surface area contributed by atoms with Crippen molar-refractivity contribution in [3.8, 4) is 0 Å². The Morgan fingerprint density at radius 1 is 1.71 bits per heavy atom. The first-order valence-corrected chi connectivity index (χ1v) is 6.51. The number of hydrogen-bond donors (Lipinski definition) is 0. The summed E-state index contributed by atoms with van der Waals surface area (Å²) in [6, 6.07) is -0.397. The zero-order chi connectivity index (χ0) is 10.8. The Labute approximate surface area is 86.9 Å². The maximum Gasteiger partial charge on any atom is 0.109 e. The molecule has 4 nitrogen and oxygen atoms in total. The molecule has 0 bridgehead atoms. The highest BCUT2D eigenvalue weighted by atomic mass is 31.2. The topological polar surface area (TPSA) is 44.8 Å². The SMILES string of the molecule is [B][C@H]1C[C@@H](OP([B-])(C)=O)[C@@H](COC)O1. The van der Waals surface area contributed by atoms with Crippen molar-refractivity contribution in [2.24, 2.45) is 0 Å². The first kappa shape index (κ1) is 12.3. The van der Waals surface area contributed by atoms with Crippen LogP contribution in [0.5, 0.6) is 0 Å². The van der Waals surface area contributed by atoms with Crippen LogP contribution in [0.1, 0.15) is 6.42 Å². The van der Waals surface area contributed by atoms with Crippen molar-refractivity contribution in [3.05, 3.63) is 0 Å². The minimum Gasteiger partial charge on any atom is -0.484 e. The summed E-state index contributed by atoms with van der Waals surface area (Å²) in [5, 5.41) is 0. The molecular formula is C7H13B2O4P-. The third kappa shape index (κ3) is 3.77. The van der Waals surface area contributed by atoms with Gasteiger partial charge in [0.1, 0.15) is 14.0 Å². The zero-order valence-corrected chi connectivity index (χ0v) is 9.28. The van der Waals surface area contributed by atoms with Crippen LogP contribution in [0.25, 0.3) is 0 Å². The van der Waals surface area contributed by atoms with Crippen LogP contribution >= 0.6 is 7.25 Å². The van der Waals surface area contributed by atoms with E-state index in [1.165, 1.54) is 6.66 Å². The summed E-state index contributed by atoms with van der Waals surface area (Å²) >= 11 is 0. The summed E-state index contributed by atoms with van der Waals surface area (Å²) in [6.45, 7) is 1.72. The molecule has 5 radical (unpaired) electrons. The van der Waals surface area contributed by atoms with Crippen molar-refractivity contribution in [3.63, 3.8) is 0 Å². The molecule has 0 spiro atoms. The standard InChI is InChI=1S/C7H13B2O4P/c1-11-4-6-5(3-7(8)12-6)13-14(2,9)10/h5-7H,3-4H2,1-2H3/q-1/t5-,6-,7-,14?/m1/s1. The largest absolute Gasteiger partial charge is 0.484 e. The highest BCUT2D eigenvalue weighted by Crippen LogP contribution is 2.41. The maximum atomic E-state index is 11.2. The van der Waals surface area contributed by atoms with Crippen LogP contribution in [-0.4, -0.2) is 54.0 Å². The van der Waals surface area contributed by atoms with Gasteiger partial charge in [-0.3, -0.25) is 0 Å². The molecular weight excluding hydrogens is 201 g/mol. The van der Waals surface area contributed by atoms with Gasteiger partial charge in [-0.15, -0.1) is 0 Å². The molecule has 0 aromatic rings. The van der Waals surface area contributed by atoms with Gasteiger partial charge in [-0.05, 0) is 13.1 Å². The minimum absolute atomic E-state index is 0.285. The van der Waals surface area contributed by atoms with E-state index in [0.717, 1.165) is 0 Å². The molecule has 4 atom stereocenters. The molecule has 0 aliphatic carbocycles. The van der Waals surface area contributed by atoms with Gasteiger partial charge in [0.2, 0.25) is 0 Å². The van der Waals surface area contributed by atoms with Crippen LogP contribution in [0.15, 0.2) is 0 Å². The van der Waals surface area contributed by atoms with E-state index in [4.69, 9.17) is 29.4 Å². The Morgan fingerprint density at radius 2 is 2.36 bits per heavy atom. The van der Waals surface area contributed by atoms with E-state index < -0.39 is 13.3 Å². The van der Waals surface area contributed by atoms with Crippen LogP contribution in [0.3, 0.4) is 0 Å². The molecule has 1 rings (SSSR count). The van der Waals surface area contributed by atoms with Gasteiger partial charge in [0.25, 0.3) is 0 Å². The molecule has 0 amide bonds. The molecule has 7 heteroatoms. The van der Waals surface area contributed by atoms with Crippen LogP contribution < -0.4 is 0 Å². The summed E-state index contributed by atoms with van der Waals surface area (Å²) in [6.07, 6.45) is -0.138. The lowest BCUT2D eigenvalue weighted by atomic mass is 9.96. The summed E-state index contributed by atoms with van der Waals surface area (Å²) in [7, 11) is 9.45. The van der Waals surface area contributed by atoms with Gasteiger partial charge in [0.15, 0.2) is 0 Å². The fraction of sp³-hybridized carbons (Fsp3) is 1.00. The van der Waals surface area contributed by atoms with E-state index in [-0.39, 0.29) is 12.2 Å². The molecule has 77 valence electrons. The van der Waals surface area contributed by atoms with Crippen molar-refractivity contribution >= 4 is 22.7 Å². The smallest absolute Gasteiger partial charge is 0.109 e. The Morgan fingerprint density at radius 3 is 2.86 bits per heavy atom. The zero-order valence-electron chi connectivity index (χ0n) is 8.38. The van der Waals surface area contributed by atoms with Gasteiger partial charge in [0.05, 0.1) is 12.7 Å². The predicted octanol–water partition coefficient (Wildman–Crippen LogP) is 0.293. The predicted molar refractivity (Wildman–Crippen MR) is 55.1 cm³/mol. The normalized spacial score (nSPS) is 36.9. The van der Waals surface area contributed by atoms with Crippen molar-refractivity contribution in [2.45, 2.75) is 24.6 Å². The lowest BCUT2D eigenvalue weighted by Crippen LogP contribution is -2.28. The molecule has 0 N–H and O–H groups in total. The Kier molecular flexibility index (Phi) is 4.26. The molecule has 0 aromatic heterocycles. The van der Waals surface area contributed by atoms with Gasteiger partial charge < -0.3 is 26.1 Å². The quantitative estimate of drug-likeness (QED) is 0.498. The summed E-state index contributed by atoms with van der Waals surface area (Å²) in [5.41, 5.74) is 0. The Hall–Kier alpha value is 0.240. The lowest BCUT2D eigenvalue weighted by Gasteiger charge is -2.28. The molecule has 1 saturated heterocycles. The highest BCUT2D eigenvalue weighted by Gasteiger charge is 2.33. The minimum atomic E-state index is -2.99. The van der Waals surface area contributed by atoms with Gasteiger partial charge in [-0.25, -0.2) is 0 Å². The number of hydrogen-bond acceptors (Lipinski definition) is 4. The second-order valence-corrected chi connectivity index (χ2v) is 5.48. The van der Waals surface area contributed by atoms with E-state index in [1.54, 1.807) is 7.11 Å². The molecule has 0 saturated carbocycles. The van der Waals surface area contributed by atoms with Crippen LogP contribution in [0, 0.1) is 0 Å². The van der Waals surface area contributed by atoms with Crippen LogP contribution in [0.2, 0.25) is 0 Å². The van der Waals surface area contributed by atoms with Crippen LogP contribution in [0.4, 0.5) is 0 Å². The van der Waals surface area contributed by atoms with E-state index in [2.05, 4.69) is 0 Å². The molecule has 14 heavy (non-hydrogen) atoms. The van der Waals surface area contributed by atoms with Crippen molar-refractivity contribution in [2.75, 3.05) is 20.4 Å². The average molecular weight is 214 g/mol. The maximum absolute atomic E-state index is 11.2.